The maximum atomic E-state index is 12.0. The Balaban J connectivity index is 2.18. The maximum absolute atomic E-state index is 12.0. The SMILES string of the molecule is COc1ccc(C(N)=O)c(NC(=O)Nc2cccc(Cl)c2)c1. The largest absolute Gasteiger partial charge is 0.497 e. The van der Waals surface area contributed by atoms with E-state index in [4.69, 9.17) is 22.1 Å². The molecule has 0 atom stereocenters. The number of hydrogen-bond donors (Lipinski definition) is 3. The number of methoxy groups -OCH3 is 1. The van der Waals surface area contributed by atoms with Gasteiger partial charge in [0.05, 0.1) is 18.4 Å². The number of hydrogen-bond acceptors (Lipinski definition) is 3. The number of benzene rings is 2. The third-order valence-corrected chi connectivity index (χ3v) is 3.06. The minimum atomic E-state index is -0.652. The third-order valence-electron chi connectivity index (χ3n) is 2.82. The zero-order valence-corrected chi connectivity index (χ0v) is 12.5. The minimum Gasteiger partial charge on any atom is -0.497 e. The lowest BCUT2D eigenvalue weighted by molar-refractivity contribution is 0.100. The number of carbonyl (C=O) groups excluding carboxylic acids is 2. The summed E-state index contributed by atoms with van der Waals surface area (Å²) in [6, 6.07) is 10.7. The molecular weight excluding hydrogens is 306 g/mol. The van der Waals surface area contributed by atoms with Crippen molar-refractivity contribution in [3.8, 4) is 5.75 Å². The van der Waals surface area contributed by atoms with Gasteiger partial charge in [0.1, 0.15) is 5.75 Å². The lowest BCUT2D eigenvalue weighted by atomic mass is 10.1. The van der Waals surface area contributed by atoms with E-state index in [-0.39, 0.29) is 11.3 Å². The van der Waals surface area contributed by atoms with E-state index in [1.807, 2.05) is 0 Å². The lowest BCUT2D eigenvalue weighted by Crippen LogP contribution is -2.22. The van der Waals surface area contributed by atoms with E-state index in [0.29, 0.717) is 16.5 Å². The van der Waals surface area contributed by atoms with Crippen LogP contribution in [0.1, 0.15) is 10.4 Å². The van der Waals surface area contributed by atoms with Gasteiger partial charge in [-0.05, 0) is 30.3 Å². The van der Waals surface area contributed by atoms with E-state index in [0.717, 1.165) is 0 Å². The van der Waals surface area contributed by atoms with E-state index in [1.54, 1.807) is 30.3 Å². The Kier molecular flexibility index (Phi) is 4.85. The van der Waals surface area contributed by atoms with Gasteiger partial charge in [-0.3, -0.25) is 4.79 Å². The van der Waals surface area contributed by atoms with Crippen molar-refractivity contribution in [1.29, 1.82) is 0 Å². The molecule has 0 fully saturated rings. The summed E-state index contributed by atoms with van der Waals surface area (Å²) in [7, 11) is 1.48. The molecule has 0 aromatic heterocycles. The molecule has 7 heteroatoms. The highest BCUT2D eigenvalue weighted by atomic mass is 35.5. The molecule has 0 radical (unpaired) electrons. The number of urea groups is 1. The number of anilines is 2. The van der Waals surface area contributed by atoms with Crippen LogP contribution in [0.2, 0.25) is 5.02 Å². The Morgan fingerprint density at radius 1 is 1.14 bits per heavy atom. The second-order valence-electron chi connectivity index (χ2n) is 4.37. The monoisotopic (exact) mass is 319 g/mol. The zero-order chi connectivity index (χ0) is 16.1. The van der Waals surface area contributed by atoms with Crippen LogP contribution in [0.25, 0.3) is 0 Å². The molecule has 0 unspecified atom stereocenters. The number of primary amides is 1. The smallest absolute Gasteiger partial charge is 0.323 e. The summed E-state index contributed by atoms with van der Waals surface area (Å²) in [6.45, 7) is 0. The Morgan fingerprint density at radius 3 is 2.55 bits per heavy atom. The highest BCUT2D eigenvalue weighted by molar-refractivity contribution is 6.30. The van der Waals surface area contributed by atoms with Crippen LogP contribution < -0.4 is 21.1 Å². The first kappa shape index (κ1) is 15.7. The molecule has 3 amide bonds. The first-order valence-corrected chi connectivity index (χ1v) is 6.69. The number of halogens is 1. The average Bonchev–Trinajstić information content (AvgIpc) is 2.46. The molecule has 0 spiro atoms. The number of carbonyl (C=O) groups is 2. The van der Waals surface area contributed by atoms with Gasteiger partial charge in [0.25, 0.3) is 5.91 Å². The van der Waals surface area contributed by atoms with E-state index in [1.165, 1.54) is 19.2 Å². The van der Waals surface area contributed by atoms with Gasteiger partial charge < -0.3 is 21.1 Å². The molecule has 0 aliphatic heterocycles. The topological polar surface area (TPSA) is 93.4 Å². The molecule has 2 aromatic carbocycles. The molecule has 6 nitrogen and oxygen atoms in total. The van der Waals surface area contributed by atoms with Crippen molar-refractivity contribution in [3.63, 3.8) is 0 Å². The van der Waals surface area contributed by atoms with Crippen molar-refractivity contribution >= 4 is 34.9 Å². The highest BCUT2D eigenvalue weighted by Gasteiger charge is 2.12. The minimum absolute atomic E-state index is 0.182. The van der Waals surface area contributed by atoms with Crippen LogP contribution in [-0.4, -0.2) is 19.0 Å². The van der Waals surface area contributed by atoms with Gasteiger partial charge in [0, 0.05) is 16.8 Å². The molecule has 0 heterocycles. The van der Waals surface area contributed by atoms with E-state index in [2.05, 4.69) is 10.6 Å². The van der Waals surface area contributed by atoms with Crippen molar-refractivity contribution < 1.29 is 14.3 Å². The van der Waals surface area contributed by atoms with Crippen LogP contribution in [0.15, 0.2) is 42.5 Å². The first-order chi connectivity index (χ1) is 10.5. The van der Waals surface area contributed by atoms with Crippen LogP contribution in [0.5, 0.6) is 5.75 Å². The molecule has 0 bridgehead atoms. The Bertz CT molecular complexity index is 719. The number of nitrogens with two attached hydrogens (primary N) is 1. The number of nitrogens with one attached hydrogen (secondary N) is 2. The van der Waals surface area contributed by atoms with Crippen LogP contribution >= 0.6 is 11.6 Å². The third kappa shape index (κ3) is 3.89. The summed E-state index contributed by atoms with van der Waals surface area (Å²) in [5, 5.41) is 5.67. The van der Waals surface area contributed by atoms with Gasteiger partial charge in [0.15, 0.2) is 0 Å². The maximum Gasteiger partial charge on any atom is 0.323 e. The molecule has 2 aromatic rings. The molecule has 22 heavy (non-hydrogen) atoms. The first-order valence-electron chi connectivity index (χ1n) is 6.31. The average molecular weight is 320 g/mol. The quantitative estimate of drug-likeness (QED) is 0.808. The second kappa shape index (κ2) is 6.82. The van der Waals surface area contributed by atoms with Crippen molar-refractivity contribution in [3.05, 3.63) is 53.1 Å². The van der Waals surface area contributed by atoms with Crippen LogP contribution in [0, 0.1) is 0 Å². The molecule has 0 aliphatic carbocycles. The number of ether oxygens (including phenoxy) is 1. The normalized spacial score (nSPS) is 9.91. The van der Waals surface area contributed by atoms with Crippen LogP contribution in [-0.2, 0) is 0 Å². The Labute approximate surface area is 132 Å². The fourth-order valence-electron chi connectivity index (χ4n) is 1.82. The van der Waals surface area contributed by atoms with Crippen LogP contribution in [0.3, 0.4) is 0 Å². The molecular formula is C15H14ClN3O3. The summed E-state index contributed by atoms with van der Waals surface area (Å²) in [5.41, 5.74) is 6.25. The van der Waals surface area contributed by atoms with Gasteiger partial charge in [-0.2, -0.15) is 0 Å². The Morgan fingerprint density at radius 2 is 1.91 bits per heavy atom. The van der Waals surface area contributed by atoms with Crippen LogP contribution in [0.4, 0.5) is 16.2 Å². The summed E-state index contributed by atoms with van der Waals surface area (Å²) >= 11 is 5.85. The number of amides is 3. The van der Waals surface area contributed by atoms with E-state index >= 15 is 0 Å². The molecule has 0 aliphatic rings. The Hall–Kier alpha value is -2.73. The predicted molar refractivity (Wildman–Crippen MR) is 85.6 cm³/mol. The van der Waals surface area contributed by atoms with Crippen molar-refractivity contribution in [2.24, 2.45) is 5.73 Å². The molecule has 114 valence electrons. The van der Waals surface area contributed by atoms with E-state index in [9.17, 15) is 9.59 Å². The summed E-state index contributed by atoms with van der Waals surface area (Å²) in [5.74, 6) is -0.163. The summed E-state index contributed by atoms with van der Waals surface area (Å²) in [6.07, 6.45) is 0. The fraction of sp³-hybridized carbons (Fsp3) is 0.0667. The fourth-order valence-corrected chi connectivity index (χ4v) is 2.01. The van der Waals surface area contributed by atoms with Crippen molar-refractivity contribution in [1.82, 2.24) is 0 Å². The van der Waals surface area contributed by atoms with Crippen molar-refractivity contribution in [2.45, 2.75) is 0 Å². The molecule has 2 rings (SSSR count). The number of rotatable bonds is 4. The van der Waals surface area contributed by atoms with Gasteiger partial charge in [-0.1, -0.05) is 17.7 Å². The highest BCUT2D eigenvalue weighted by Crippen LogP contribution is 2.23. The molecule has 4 N–H and O–H groups in total. The van der Waals surface area contributed by atoms with Gasteiger partial charge in [-0.15, -0.1) is 0 Å². The molecule has 0 saturated carbocycles. The standard InChI is InChI=1S/C15H14ClN3O3/c1-22-11-5-6-12(14(17)20)13(8-11)19-15(21)18-10-4-2-3-9(16)7-10/h2-8H,1H3,(H2,17,20)(H2,18,19,21). The van der Waals surface area contributed by atoms with Gasteiger partial charge in [0.2, 0.25) is 0 Å². The lowest BCUT2D eigenvalue weighted by Gasteiger charge is -2.12. The van der Waals surface area contributed by atoms with Crippen molar-refractivity contribution in [2.75, 3.05) is 17.7 Å². The summed E-state index contributed by atoms with van der Waals surface area (Å²) < 4.78 is 5.06. The van der Waals surface area contributed by atoms with Gasteiger partial charge >= 0.3 is 6.03 Å². The van der Waals surface area contributed by atoms with E-state index < -0.39 is 11.9 Å². The predicted octanol–water partition coefficient (Wildman–Crippen LogP) is 3.09. The molecule has 0 saturated heterocycles. The summed E-state index contributed by atoms with van der Waals surface area (Å²) in [4.78, 5) is 23.4. The second-order valence-corrected chi connectivity index (χ2v) is 4.80. The zero-order valence-electron chi connectivity index (χ0n) is 11.7. The van der Waals surface area contributed by atoms with Gasteiger partial charge in [-0.25, -0.2) is 4.79 Å².